The standard InChI is InChI=1S/C24H27N3O5S/c1-15-7-3-5-9-20(15)26-23(28)16(2)32-24(29)17-11-13-18(14-12-17)25-22-19-8-4-6-10-21(19)33(30,31)27-22/h4,6,8,10-16,20H,3,5,7,9H2,1-2H3,(H,25,27)(H,26,28). The zero-order valence-electron chi connectivity index (χ0n) is 18.6. The number of hydrogen-bond acceptors (Lipinski definition) is 6. The number of nitrogens with one attached hydrogen (secondary N) is 2. The molecular weight excluding hydrogens is 442 g/mol. The molecule has 174 valence electrons. The fraction of sp³-hybridized carbons (Fsp3) is 0.375. The molecule has 0 spiro atoms. The van der Waals surface area contributed by atoms with E-state index in [2.05, 4.69) is 22.0 Å². The van der Waals surface area contributed by atoms with Gasteiger partial charge in [-0.25, -0.2) is 4.79 Å². The highest BCUT2D eigenvalue weighted by Crippen LogP contribution is 2.27. The summed E-state index contributed by atoms with van der Waals surface area (Å²) < 4.78 is 33.5. The van der Waals surface area contributed by atoms with E-state index in [9.17, 15) is 18.0 Å². The number of benzene rings is 2. The van der Waals surface area contributed by atoms with Gasteiger partial charge in [-0.3, -0.25) is 4.79 Å². The highest BCUT2D eigenvalue weighted by Gasteiger charge is 2.29. The Hall–Kier alpha value is -3.20. The molecule has 0 radical (unpaired) electrons. The summed E-state index contributed by atoms with van der Waals surface area (Å²) in [5.74, 6) is -0.258. The first-order valence-electron chi connectivity index (χ1n) is 11.1. The van der Waals surface area contributed by atoms with Crippen LogP contribution in [-0.4, -0.2) is 38.3 Å². The Kier molecular flexibility index (Phi) is 6.51. The molecule has 1 heterocycles. The zero-order chi connectivity index (χ0) is 23.6. The highest BCUT2D eigenvalue weighted by atomic mass is 32.2. The predicted octanol–water partition coefficient (Wildman–Crippen LogP) is 3.49. The second-order valence-electron chi connectivity index (χ2n) is 8.54. The zero-order valence-corrected chi connectivity index (χ0v) is 19.4. The van der Waals surface area contributed by atoms with Gasteiger partial charge in [-0.1, -0.05) is 31.9 Å². The van der Waals surface area contributed by atoms with Crippen molar-refractivity contribution in [3.63, 3.8) is 0 Å². The Bertz CT molecular complexity index is 1190. The predicted molar refractivity (Wildman–Crippen MR) is 125 cm³/mol. The van der Waals surface area contributed by atoms with E-state index in [-0.39, 0.29) is 28.2 Å². The van der Waals surface area contributed by atoms with Crippen LogP contribution in [0.15, 0.2) is 57.8 Å². The van der Waals surface area contributed by atoms with Crippen LogP contribution in [0, 0.1) is 5.92 Å². The number of rotatable bonds is 5. The van der Waals surface area contributed by atoms with Crippen molar-refractivity contribution in [1.29, 1.82) is 0 Å². The molecular formula is C24H27N3O5S. The van der Waals surface area contributed by atoms with Crippen molar-refractivity contribution in [3.05, 3.63) is 59.7 Å². The van der Waals surface area contributed by atoms with Gasteiger partial charge < -0.3 is 15.4 Å². The first-order valence-corrected chi connectivity index (χ1v) is 12.5. The molecule has 0 saturated heterocycles. The molecule has 33 heavy (non-hydrogen) atoms. The van der Waals surface area contributed by atoms with Gasteiger partial charge in [0, 0.05) is 17.3 Å². The molecule has 1 aliphatic carbocycles. The molecule has 1 aliphatic heterocycles. The molecule has 1 saturated carbocycles. The van der Waals surface area contributed by atoms with Crippen molar-refractivity contribution in [1.82, 2.24) is 5.32 Å². The molecule has 9 heteroatoms. The van der Waals surface area contributed by atoms with Crippen molar-refractivity contribution in [2.75, 3.05) is 5.32 Å². The van der Waals surface area contributed by atoms with Gasteiger partial charge in [0.15, 0.2) is 11.9 Å². The normalized spacial score (nSPS) is 21.9. The number of fused-ring (bicyclic) bond motifs is 1. The number of amides is 1. The Morgan fingerprint density at radius 3 is 2.48 bits per heavy atom. The van der Waals surface area contributed by atoms with Gasteiger partial charge in [0.1, 0.15) is 4.90 Å². The first kappa shape index (κ1) is 23.0. The molecule has 0 bridgehead atoms. The van der Waals surface area contributed by atoms with Gasteiger partial charge in [-0.05, 0) is 62.1 Å². The van der Waals surface area contributed by atoms with Crippen molar-refractivity contribution in [3.8, 4) is 0 Å². The number of nitrogens with zero attached hydrogens (tertiary/aromatic N) is 1. The van der Waals surface area contributed by atoms with Crippen LogP contribution < -0.4 is 10.6 Å². The smallest absolute Gasteiger partial charge is 0.338 e. The minimum Gasteiger partial charge on any atom is -0.449 e. The van der Waals surface area contributed by atoms with Gasteiger partial charge in [0.05, 0.1) is 5.56 Å². The van der Waals surface area contributed by atoms with E-state index < -0.39 is 22.1 Å². The quantitative estimate of drug-likeness (QED) is 0.648. The number of hydrogen-bond donors (Lipinski definition) is 2. The van der Waals surface area contributed by atoms with Crippen LogP contribution in [0.25, 0.3) is 0 Å². The molecule has 2 aromatic carbocycles. The van der Waals surface area contributed by atoms with E-state index >= 15 is 0 Å². The third kappa shape index (κ3) is 5.08. The number of amidine groups is 1. The minimum atomic E-state index is -3.72. The lowest BCUT2D eigenvalue weighted by atomic mass is 9.86. The number of anilines is 1. The van der Waals surface area contributed by atoms with Crippen molar-refractivity contribution in [2.45, 2.75) is 56.6 Å². The van der Waals surface area contributed by atoms with E-state index in [4.69, 9.17) is 4.74 Å². The second kappa shape index (κ2) is 9.35. The maximum absolute atomic E-state index is 12.5. The molecule has 1 amide bonds. The first-order chi connectivity index (χ1) is 15.7. The van der Waals surface area contributed by atoms with Gasteiger partial charge in [-0.15, -0.1) is 4.40 Å². The molecule has 2 N–H and O–H groups in total. The lowest BCUT2D eigenvalue weighted by molar-refractivity contribution is -0.130. The van der Waals surface area contributed by atoms with Crippen molar-refractivity contribution < 1.29 is 22.7 Å². The van der Waals surface area contributed by atoms with Crippen LogP contribution in [0.1, 0.15) is 55.5 Å². The summed E-state index contributed by atoms with van der Waals surface area (Å²) in [7, 11) is -3.72. The lowest BCUT2D eigenvalue weighted by Crippen LogP contribution is -2.45. The fourth-order valence-electron chi connectivity index (χ4n) is 4.14. The van der Waals surface area contributed by atoms with Crippen LogP contribution >= 0.6 is 0 Å². The summed E-state index contributed by atoms with van der Waals surface area (Å²) in [4.78, 5) is 25.1. The summed E-state index contributed by atoms with van der Waals surface area (Å²) >= 11 is 0. The molecule has 0 aromatic heterocycles. The summed E-state index contributed by atoms with van der Waals surface area (Å²) in [6.45, 7) is 3.69. The number of carbonyl (C=O) groups is 2. The maximum Gasteiger partial charge on any atom is 0.338 e. The Morgan fingerprint density at radius 2 is 1.76 bits per heavy atom. The van der Waals surface area contributed by atoms with Gasteiger partial charge in [0.2, 0.25) is 0 Å². The fourth-order valence-corrected chi connectivity index (χ4v) is 5.31. The molecule has 3 unspecified atom stereocenters. The van der Waals surface area contributed by atoms with E-state index in [0.717, 1.165) is 19.3 Å². The topological polar surface area (TPSA) is 114 Å². The third-order valence-corrected chi connectivity index (χ3v) is 7.44. The van der Waals surface area contributed by atoms with Crippen LogP contribution in [-0.2, 0) is 19.6 Å². The van der Waals surface area contributed by atoms with Crippen LogP contribution in [0.3, 0.4) is 0 Å². The summed E-state index contributed by atoms with van der Waals surface area (Å²) in [6.07, 6.45) is 3.40. The summed E-state index contributed by atoms with van der Waals surface area (Å²) in [6, 6.07) is 13.0. The maximum atomic E-state index is 12.5. The molecule has 4 rings (SSSR count). The SMILES string of the molecule is CC(OC(=O)c1ccc(NC2=NS(=O)(=O)c3ccccc32)cc1)C(=O)NC1CCCCC1C. The number of esters is 1. The second-order valence-corrected chi connectivity index (χ2v) is 10.1. The largest absolute Gasteiger partial charge is 0.449 e. The third-order valence-electron chi connectivity index (χ3n) is 6.11. The Morgan fingerprint density at radius 1 is 1.06 bits per heavy atom. The number of ether oxygens (including phenoxy) is 1. The van der Waals surface area contributed by atoms with Crippen molar-refractivity contribution >= 4 is 33.4 Å². The Labute approximate surface area is 193 Å². The highest BCUT2D eigenvalue weighted by molar-refractivity contribution is 7.90. The van der Waals surface area contributed by atoms with E-state index in [1.54, 1.807) is 49.4 Å². The van der Waals surface area contributed by atoms with Crippen LogP contribution in [0.4, 0.5) is 5.69 Å². The Balaban J connectivity index is 1.36. The summed E-state index contributed by atoms with van der Waals surface area (Å²) in [5, 5.41) is 5.98. The number of carbonyl (C=O) groups excluding carboxylic acids is 2. The van der Waals surface area contributed by atoms with Crippen LogP contribution in [0.5, 0.6) is 0 Å². The lowest BCUT2D eigenvalue weighted by Gasteiger charge is -2.30. The minimum absolute atomic E-state index is 0.116. The molecule has 1 fully saturated rings. The van der Waals surface area contributed by atoms with Crippen molar-refractivity contribution in [2.24, 2.45) is 10.3 Å². The molecule has 3 atom stereocenters. The van der Waals surface area contributed by atoms with Gasteiger partial charge in [0.25, 0.3) is 15.9 Å². The average molecular weight is 470 g/mol. The average Bonchev–Trinajstić information content (AvgIpc) is 3.05. The number of sulfonamides is 1. The molecule has 8 nitrogen and oxygen atoms in total. The van der Waals surface area contributed by atoms with Crippen LogP contribution in [0.2, 0.25) is 0 Å². The molecule has 2 aliphatic rings. The van der Waals surface area contributed by atoms with Gasteiger partial charge >= 0.3 is 5.97 Å². The van der Waals surface area contributed by atoms with Gasteiger partial charge in [-0.2, -0.15) is 8.42 Å². The monoisotopic (exact) mass is 469 g/mol. The molecule has 2 aromatic rings. The van der Waals surface area contributed by atoms with E-state index in [1.165, 1.54) is 12.5 Å². The van der Waals surface area contributed by atoms with E-state index in [0.29, 0.717) is 17.2 Å². The summed E-state index contributed by atoms with van der Waals surface area (Å²) in [5.41, 5.74) is 1.34. The van der Waals surface area contributed by atoms with E-state index in [1.807, 2.05) is 0 Å².